The molecule has 0 spiro atoms. The Hall–Kier alpha value is -1.09. The molecule has 88 valence electrons. The summed E-state index contributed by atoms with van der Waals surface area (Å²) in [6.45, 7) is 0.582. The number of hydrogen-bond donors (Lipinski definition) is 1. The van der Waals surface area contributed by atoms with Crippen LogP contribution in [0.3, 0.4) is 0 Å². The summed E-state index contributed by atoms with van der Waals surface area (Å²) in [5, 5.41) is 3.03. The lowest BCUT2D eigenvalue weighted by Crippen LogP contribution is -2.38. The number of nitrogens with one attached hydrogen (secondary N) is 1. The minimum absolute atomic E-state index is 0.113. The summed E-state index contributed by atoms with van der Waals surface area (Å²) >= 11 is 0. The van der Waals surface area contributed by atoms with Gasteiger partial charge >= 0.3 is 0 Å². The van der Waals surface area contributed by atoms with E-state index in [0.29, 0.717) is 12.6 Å². The van der Waals surface area contributed by atoms with Gasteiger partial charge in [-0.1, -0.05) is 6.07 Å². The molecule has 1 fully saturated rings. The molecule has 0 saturated heterocycles. The van der Waals surface area contributed by atoms with Crippen molar-refractivity contribution in [2.45, 2.75) is 31.8 Å². The molecule has 0 aromatic heterocycles. The zero-order valence-electron chi connectivity index (χ0n) is 9.96. The highest BCUT2D eigenvalue weighted by molar-refractivity contribution is 5.54. The second-order valence-electron chi connectivity index (χ2n) is 4.46. The smallest absolute Gasteiger partial charge is 0.129 e. The van der Waals surface area contributed by atoms with Crippen molar-refractivity contribution in [3.05, 3.63) is 29.6 Å². The minimum atomic E-state index is -0.113. The number of nitrogens with zero attached hydrogens (tertiary/aromatic N) is 1. The van der Waals surface area contributed by atoms with Gasteiger partial charge in [0.2, 0.25) is 0 Å². The predicted molar refractivity (Wildman–Crippen MR) is 65.2 cm³/mol. The maximum absolute atomic E-state index is 13.7. The van der Waals surface area contributed by atoms with Crippen molar-refractivity contribution in [1.29, 1.82) is 0 Å². The Labute approximate surface area is 96.5 Å². The summed E-state index contributed by atoms with van der Waals surface area (Å²) < 4.78 is 13.7. The molecule has 16 heavy (non-hydrogen) atoms. The molecule has 1 aliphatic carbocycles. The highest BCUT2D eigenvalue weighted by atomic mass is 19.1. The third-order valence-corrected chi connectivity index (χ3v) is 3.45. The van der Waals surface area contributed by atoms with E-state index in [9.17, 15) is 4.39 Å². The topological polar surface area (TPSA) is 15.3 Å². The van der Waals surface area contributed by atoms with Crippen molar-refractivity contribution in [2.75, 3.05) is 19.0 Å². The number of halogens is 1. The average Bonchev–Trinajstić information content (AvgIpc) is 2.18. The molecule has 1 aromatic carbocycles. The Morgan fingerprint density at radius 2 is 2.19 bits per heavy atom. The number of hydrogen-bond acceptors (Lipinski definition) is 2. The second kappa shape index (κ2) is 4.83. The minimum Gasteiger partial charge on any atom is -0.371 e. The van der Waals surface area contributed by atoms with E-state index in [0.717, 1.165) is 11.3 Å². The van der Waals surface area contributed by atoms with Crippen LogP contribution < -0.4 is 10.2 Å². The molecule has 0 aliphatic heterocycles. The number of anilines is 1. The molecular weight excluding hydrogens is 203 g/mol. The first-order valence-corrected chi connectivity index (χ1v) is 5.89. The lowest BCUT2D eigenvalue weighted by molar-refractivity contribution is 0.400. The quantitative estimate of drug-likeness (QED) is 0.842. The van der Waals surface area contributed by atoms with Crippen molar-refractivity contribution in [1.82, 2.24) is 5.32 Å². The molecule has 3 heteroatoms. The monoisotopic (exact) mass is 222 g/mol. The van der Waals surface area contributed by atoms with E-state index >= 15 is 0 Å². The summed E-state index contributed by atoms with van der Waals surface area (Å²) in [6.07, 6.45) is 3.75. The summed E-state index contributed by atoms with van der Waals surface area (Å²) in [5.41, 5.74) is 1.80. The van der Waals surface area contributed by atoms with Crippen molar-refractivity contribution in [2.24, 2.45) is 0 Å². The Morgan fingerprint density at radius 3 is 2.75 bits per heavy atom. The van der Waals surface area contributed by atoms with Crippen LogP contribution in [0.15, 0.2) is 18.2 Å². The highest BCUT2D eigenvalue weighted by Gasteiger charge is 2.24. The van der Waals surface area contributed by atoms with Gasteiger partial charge in [0.1, 0.15) is 5.82 Å². The largest absolute Gasteiger partial charge is 0.371 e. The number of benzene rings is 1. The molecule has 2 rings (SSSR count). The van der Waals surface area contributed by atoms with Crippen molar-refractivity contribution < 1.29 is 4.39 Å². The van der Waals surface area contributed by atoms with Crippen molar-refractivity contribution in [3.63, 3.8) is 0 Å². The molecule has 1 N–H and O–H groups in total. The lowest BCUT2D eigenvalue weighted by atomic mass is 9.91. The first kappa shape index (κ1) is 11.4. The fourth-order valence-electron chi connectivity index (χ4n) is 2.20. The molecule has 0 radical (unpaired) electrons. The molecule has 0 unspecified atom stereocenters. The van der Waals surface area contributed by atoms with E-state index < -0.39 is 0 Å². The Balaban J connectivity index is 2.27. The van der Waals surface area contributed by atoms with Gasteiger partial charge < -0.3 is 10.2 Å². The van der Waals surface area contributed by atoms with Crippen molar-refractivity contribution in [3.8, 4) is 0 Å². The molecule has 1 aliphatic rings. The van der Waals surface area contributed by atoms with E-state index in [2.05, 4.69) is 17.3 Å². The molecule has 0 bridgehead atoms. The zero-order chi connectivity index (χ0) is 11.5. The average molecular weight is 222 g/mol. The van der Waals surface area contributed by atoms with Gasteiger partial charge in [0, 0.05) is 30.9 Å². The second-order valence-corrected chi connectivity index (χ2v) is 4.46. The summed E-state index contributed by atoms with van der Waals surface area (Å²) in [4.78, 5) is 2.22. The SMILES string of the molecule is CNCc1c(F)cccc1N(C)C1CCC1. The van der Waals surface area contributed by atoms with Crippen LogP contribution in [0, 0.1) is 5.82 Å². The number of rotatable bonds is 4. The maximum Gasteiger partial charge on any atom is 0.129 e. The predicted octanol–water partition coefficient (Wildman–Crippen LogP) is 2.53. The van der Waals surface area contributed by atoms with Crippen LogP contribution in [0.25, 0.3) is 0 Å². The molecule has 1 saturated carbocycles. The standard InChI is InChI=1S/C13H19FN2/c1-15-9-11-12(14)7-4-8-13(11)16(2)10-5-3-6-10/h4,7-8,10,15H,3,5-6,9H2,1-2H3. The van der Waals surface area contributed by atoms with Gasteiger partial charge in [-0.15, -0.1) is 0 Å². The van der Waals surface area contributed by atoms with Gasteiger partial charge in [-0.05, 0) is 38.4 Å². The third-order valence-electron chi connectivity index (χ3n) is 3.45. The fourth-order valence-corrected chi connectivity index (χ4v) is 2.20. The third kappa shape index (κ3) is 2.05. The Morgan fingerprint density at radius 1 is 1.44 bits per heavy atom. The van der Waals surface area contributed by atoms with Crippen LogP contribution in [0.1, 0.15) is 24.8 Å². The van der Waals surface area contributed by atoms with E-state index in [1.54, 1.807) is 6.07 Å². The van der Waals surface area contributed by atoms with Crippen LogP contribution in [-0.4, -0.2) is 20.1 Å². The normalized spacial score (nSPS) is 15.9. The van der Waals surface area contributed by atoms with Gasteiger partial charge in [-0.25, -0.2) is 4.39 Å². The molecular formula is C13H19FN2. The molecule has 0 heterocycles. The molecule has 0 atom stereocenters. The fraction of sp³-hybridized carbons (Fsp3) is 0.538. The van der Waals surface area contributed by atoms with Gasteiger partial charge in [-0.3, -0.25) is 0 Å². The Kier molecular flexibility index (Phi) is 3.44. The molecule has 2 nitrogen and oxygen atoms in total. The zero-order valence-corrected chi connectivity index (χ0v) is 9.96. The first-order chi connectivity index (χ1) is 7.74. The van der Waals surface area contributed by atoms with Crippen LogP contribution in [0.5, 0.6) is 0 Å². The van der Waals surface area contributed by atoms with E-state index in [-0.39, 0.29) is 5.82 Å². The van der Waals surface area contributed by atoms with Crippen LogP contribution in [0.2, 0.25) is 0 Å². The van der Waals surface area contributed by atoms with E-state index in [4.69, 9.17) is 0 Å². The van der Waals surface area contributed by atoms with Gasteiger partial charge in [0.05, 0.1) is 0 Å². The first-order valence-electron chi connectivity index (χ1n) is 5.89. The van der Waals surface area contributed by atoms with Crippen LogP contribution in [0.4, 0.5) is 10.1 Å². The van der Waals surface area contributed by atoms with Gasteiger partial charge in [-0.2, -0.15) is 0 Å². The molecule has 0 amide bonds. The highest BCUT2D eigenvalue weighted by Crippen LogP contribution is 2.31. The summed E-state index contributed by atoms with van der Waals surface area (Å²) in [5.74, 6) is -0.113. The van der Waals surface area contributed by atoms with Gasteiger partial charge in [0.15, 0.2) is 0 Å². The summed E-state index contributed by atoms with van der Waals surface area (Å²) in [7, 11) is 3.91. The Bertz CT molecular complexity index is 361. The van der Waals surface area contributed by atoms with E-state index in [1.165, 1.54) is 25.3 Å². The van der Waals surface area contributed by atoms with Crippen LogP contribution in [-0.2, 0) is 6.54 Å². The van der Waals surface area contributed by atoms with Crippen molar-refractivity contribution >= 4 is 5.69 Å². The van der Waals surface area contributed by atoms with Crippen LogP contribution >= 0.6 is 0 Å². The summed E-state index contributed by atoms with van der Waals surface area (Å²) in [6, 6.07) is 5.93. The van der Waals surface area contributed by atoms with E-state index in [1.807, 2.05) is 13.1 Å². The molecule has 1 aromatic rings. The lowest BCUT2D eigenvalue weighted by Gasteiger charge is -2.37. The maximum atomic E-state index is 13.7. The van der Waals surface area contributed by atoms with Gasteiger partial charge in [0.25, 0.3) is 0 Å².